The molecule has 0 aliphatic heterocycles. The fraction of sp³-hybridized carbons (Fsp3) is 0.0714. The summed E-state index contributed by atoms with van der Waals surface area (Å²) < 4.78 is 7.53. The number of hydrogen-bond acceptors (Lipinski definition) is 2. The molecule has 0 radical (unpaired) electrons. The lowest BCUT2D eigenvalue weighted by Crippen LogP contribution is -1.98. The Morgan fingerprint density at radius 3 is 2.56 bits per heavy atom. The molecule has 2 nitrogen and oxygen atoms in total. The van der Waals surface area contributed by atoms with Gasteiger partial charge in [0.25, 0.3) is 4.84 Å². The van der Waals surface area contributed by atoms with E-state index in [9.17, 15) is 0 Å². The highest BCUT2D eigenvalue weighted by atomic mass is 35.5. The van der Waals surface area contributed by atoms with E-state index in [0.717, 1.165) is 21.7 Å². The first-order valence-corrected chi connectivity index (χ1v) is 6.35. The third-order valence-corrected chi connectivity index (χ3v) is 3.38. The van der Waals surface area contributed by atoms with E-state index in [0.29, 0.717) is 11.4 Å². The fourth-order valence-corrected chi connectivity index (χ4v) is 2.31. The van der Waals surface area contributed by atoms with E-state index in [2.05, 4.69) is 0 Å². The lowest BCUT2D eigenvalue weighted by atomic mass is 10.2. The molecule has 0 unspecified atom stereocenters. The Hall–Kier alpha value is -1.58. The molecule has 0 saturated heterocycles. The zero-order valence-corrected chi connectivity index (χ0v) is 11.0. The van der Waals surface area contributed by atoms with Gasteiger partial charge < -0.3 is 4.42 Å². The summed E-state index contributed by atoms with van der Waals surface area (Å²) >= 11 is 11.1. The molecule has 2 aromatic carbocycles. The van der Waals surface area contributed by atoms with Crippen molar-refractivity contribution >= 4 is 34.9 Å². The predicted molar refractivity (Wildman–Crippen MR) is 75.6 cm³/mol. The minimum absolute atomic E-state index is 0.492. The summed E-state index contributed by atoms with van der Waals surface area (Å²) in [4.78, 5) is 0.492. The third-order valence-electron chi connectivity index (χ3n) is 2.83. The lowest BCUT2D eigenvalue weighted by Gasteiger charge is -2.03. The molecule has 0 aliphatic rings. The SMILES string of the molecule is S=c1oc2ccccc2n1Cc1ccc(Cl)cc1. The van der Waals surface area contributed by atoms with Gasteiger partial charge in [-0.15, -0.1) is 0 Å². The van der Waals surface area contributed by atoms with Gasteiger partial charge in [0.15, 0.2) is 5.58 Å². The summed E-state index contributed by atoms with van der Waals surface area (Å²) in [5.41, 5.74) is 2.97. The Morgan fingerprint density at radius 2 is 1.78 bits per heavy atom. The molecule has 0 spiro atoms. The second kappa shape index (κ2) is 4.59. The normalized spacial score (nSPS) is 10.9. The minimum Gasteiger partial charge on any atom is -0.429 e. The molecule has 90 valence electrons. The third kappa shape index (κ3) is 2.07. The fourth-order valence-electron chi connectivity index (χ4n) is 1.94. The maximum Gasteiger partial charge on any atom is 0.269 e. The highest BCUT2D eigenvalue weighted by Gasteiger charge is 2.06. The molecule has 4 heteroatoms. The van der Waals surface area contributed by atoms with Gasteiger partial charge in [-0.1, -0.05) is 35.9 Å². The quantitative estimate of drug-likeness (QED) is 0.633. The summed E-state index contributed by atoms with van der Waals surface area (Å²) in [5, 5.41) is 0.736. The van der Waals surface area contributed by atoms with E-state index in [-0.39, 0.29) is 0 Å². The van der Waals surface area contributed by atoms with Crippen LogP contribution in [0.2, 0.25) is 5.02 Å². The van der Waals surface area contributed by atoms with Crippen LogP contribution in [0.25, 0.3) is 11.1 Å². The number of aromatic nitrogens is 1. The van der Waals surface area contributed by atoms with Crippen molar-refractivity contribution in [1.29, 1.82) is 0 Å². The van der Waals surface area contributed by atoms with Crippen LogP contribution in [0.15, 0.2) is 52.9 Å². The molecule has 1 heterocycles. The van der Waals surface area contributed by atoms with Gasteiger partial charge in [0.1, 0.15) is 0 Å². The molecule has 3 rings (SSSR count). The van der Waals surface area contributed by atoms with Gasteiger partial charge in [-0.25, -0.2) is 0 Å². The first-order chi connectivity index (χ1) is 8.74. The van der Waals surface area contributed by atoms with Gasteiger partial charge >= 0.3 is 0 Å². The van der Waals surface area contributed by atoms with Gasteiger partial charge in [0, 0.05) is 5.02 Å². The van der Waals surface area contributed by atoms with E-state index >= 15 is 0 Å². The van der Waals surface area contributed by atoms with Crippen LogP contribution < -0.4 is 0 Å². The van der Waals surface area contributed by atoms with E-state index in [4.69, 9.17) is 28.2 Å². The number of hydrogen-bond donors (Lipinski definition) is 0. The van der Waals surface area contributed by atoms with Crippen molar-refractivity contribution in [2.45, 2.75) is 6.54 Å². The van der Waals surface area contributed by atoms with Crippen molar-refractivity contribution in [3.05, 3.63) is 64.0 Å². The summed E-state index contributed by atoms with van der Waals surface area (Å²) in [6.07, 6.45) is 0. The Bertz CT molecular complexity index is 742. The summed E-state index contributed by atoms with van der Waals surface area (Å²) in [6, 6.07) is 15.6. The van der Waals surface area contributed by atoms with Crippen LogP contribution in [0.5, 0.6) is 0 Å². The zero-order valence-electron chi connectivity index (χ0n) is 9.47. The van der Waals surface area contributed by atoms with E-state index < -0.39 is 0 Å². The number of nitrogens with zero attached hydrogens (tertiary/aromatic N) is 1. The monoisotopic (exact) mass is 275 g/mol. The molecule has 0 saturated carbocycles. The molecule has 0 bridgehead atoms. The highest BCUT2D eigenvalue weighted by molar-refractivity contribution is 7.71. The molecule has 0 fully saturated rings. The first-order valence-electron chi connectivity index (χ1n) is 5.57. The Morgan fingerprint density at radius 1 is 1.06 bits per heavy atom. The van der Waals surface area contributed by atoms with Crippen LogP contribution in [0, 0.1) is 4.84 Å². The standard InChI is InChI=1S/C14H10ClNOS/c15-11-7-5-10(6-8-11)9-16-12-3-1-2-4-13(12)17-14(16)18/h1-8H,9H2. The Labute approximate surface area is 114 Å². The maximum absolute atomic E-state index is 5.87. The molecule has 0 aliphatic carbocycles. The van der Waals surface area contributed by atoms with Crippen LogP contribution >= 0.6 is 23.8 Å². The number of halogens is 1. The maximum atomic E-state index is 5.87. The van der Waals surface area contributed by atoms with E-state index in [1.54, 1.807) is 0 Å². The smallest absolute Gasteiger partial charge is 0.269 e. The zero-order chi connectivity index (χ0) is 12.5. The van der Waals surface area contributed by atoms with Crippen molar-refractivity contribution in [3.8, 4) is 0 Å². The molecule has 1 aromatic heterocycles. The number of fused-ring (bicyclic) bond motifs is 1. The van der Waals surface area contributed by atoms with Gasteiger partial charge in [-0.05, 0) is 42.0 Å². The van der Waals surface area contributed by atoms with Crippen molar-refractivity contribution in [2.75, 3.05) is 0 Å². The minimum atomic E-state index is 0.492. The van der Waals surface area contributed by atoms with Gasteiger partial charge in [-0.3, -0.25) is 4.57 Å². The molecule has 0 amide bonds. The first kappa shape index (κ1) is 11.5. The van der Waals surface area contributed by atoms with Crippen molar-refractivity contribution in [1.82, 2.24) is 4.57 Å². The summed E-state index contributed by atoms with van der Waals surface area (Å²) in [6.45, 7) is 0.688. The topological polar surface area (TPSA) is 18.1 Å². The molecular formula is C14H10ClNOS. The van der Waals surface area contributed by atoms with Crippen LogP contribution in [0.1, 0.15) is 5.56 Å². The van der Waals surface area contributed by atoms with Gasteiger partial charge in [-0.2, -0.15) is 0 Å². The second-order valence-corrected chi connectivity index (χ2v) is 4.83. The van der Waals surface area contributed by atoms with Crippen LogP contribution in [0.3, 0.4) is 0 Å². The number of oxazole rings is 1. The van der Waals surface area contributed by atoms with Crippen molar-refractivity contribution < 1.29 is 4.42 Å². The molecule has 0 atom stereocenters. The predicted octanol–water partition coefficient (Wildman–Crippen LogP) is 4.67. The summed E-state index contributed by atoms with van der Waals surface area (Å²) in [5.74, 6) is 0. The average Bonchev–Trinajstić information content (AvgIpc) is 2.69. The lowest BCUT2D eigenvalue weighted by molar-refractivity contribution is 0.548. The van der Waals surface area contributed by atoms with Crippen LogP contribution in [-0.2, 0) is 6.54 Å². The molecule has 18 heavy (non-hydrogen) atoms. The number of benzene rings is 2. The summed E-state index contributed by atoms with van der Waals surface area (Å²) in [7, 11) is 0. The number of rotatable bonds is 2. The molecule has 0 N–H and O–H groups in total. The largest absolute Gasteiger partial charge is 0.429 e. The molecule has 3 aromatic rings. The van der Waals surface area contributed by atoms with E-state index in [1.165, 1.54) is 0 Å². The van der Waals surface area contributed by atoms with Gasteiger partial charge in [0.2, 0.25) is 0 Å². The number of para-hydroxylation sites is 2. The molecular weight excluding hydrogens is 266 g/mol. The van der Waals surface area contributed by atoms with Gasteiger partial charge in [0.05, 0.1) is 12.1 Å². The highest BCUT2D eigenvalue weighted by Crippen LogP contribution is 2.19. The van der Waals surface area contributed by atoms with E-state index in [1.807, 2.05) is 53.1 Å². The Balaban J connectivity index is 2.07. The Kier molecular flexibility index (Phi) is 2.94. The van der Waals surface area contributed by atoms with Crippen molar-refractivity contribution in [2.24, 2.45) is 0 Å². The second-order valence-electron chi connectivity index (χ2n) is 4.05. The van der Waals surface area contributed by atoms with Crippen LogP contribution in [0.4, 0.5) is 0 Å². The van der Waals surface area contributed by atoms with Crippen molar-refractivity contribution in [3.63, 3.8) is 0 Å². The van der Waals surface area contributed by atoms with Crippen LogP contribution in [-0.4, -0.2) is 4.57 Å². The average molecular weight is 276 g/mol.